The van der Waals surface area contributed by atoms with Gasteiger partial charge in [0.15, 0.2) is 5.84 Å². The molecule has 0 spiro atoms. The standard InChI is InChI=1S/C12H15BrClN3O2/c1-2-3-10(11(15)17-19)16-12(18)7-4-5-9(14)8(13)6-7/h4-6,10,19H,2-3H2,1H3,(H2,15,17)(H,16,18). The van der Waals surface area contributed by atoms with Crippen LogP contribution in [-0.2, 0) is 0 Å². The maximum absolute atomic E-state index is 12.0. The third-order valence-corrected chi connectivity index (χ3v) is 3.75. The highest BCUT2D eigenvalue weighted by molar-refractivity contribution is 9.10. The molecule has 0 aromatic heterocycles. The van der Waals surface area contributed by atoms with Gasteiger partial charge in [-0.25, -0.2) is 0 Å². The Morgan fingerprint density at radius 1 is 1.63 bits per heavy atom. The summed E-state index contributed by atoms with van der Waals surface area (Å²) in [6.07, 6.45) is 1.39. The van der Waals surface area contributed by atoms with Crippen LogP contribution in [0.1, 0.15) is 30.1 Å². The van der Waals surface area contributed by atoms with Crippen molar-refractivity contribution < 1.29 is 10.0 Å². The van der Waals surface area contributed by atoms with Crippen molar-refractivity contribution in [3.05, 3.63) is 33.3 Å². The van der Waals surface area contributed by atoms with Crippen LogP contribution in [0.3, 0.4) is 0 Å². The molecule has 1 rings (SSSR count). The van der Waals surface area contributed by atoms with E-state index in [1.165, 1.54) is 0 Å². The lowest BCUT2D eigenvalue weighted by atomic mass is 10.1. The molecule has 0 radical (unpaired) electrons. The fourth-order valence-electron chi connectivity index (χ4n) is 1.53. The fraction of sp³-hybridized carbons (Fsp3) is 0.333. The minimum atomic E-state index is -0.489. The van der Waals surface area contributed by atoms with E-state index in [0.29, 0.717) is 21.5 Å². The summed E-state index contributed by atoms with van der Waals surface area (Å²) in [4.78, 5) is 12.0. The first kappa shape index (κ1) is 15.8. The summed E-state index contributed by atoms with van der Waals surface area (Å²) in [6.45, 7) is 1.95. The molecule has 5 nitrogen and oxygen atoms in total. The summed E-state index contributed by atoms with van der Waals surface area (Å²) in [6, 6.07) is 4.36. The maximum Gasteiger partial charge on any atom is 0.251 e. The third-order valence-electron chi connectivity index (χ3n) is 2.54. The smallest absolute Gasteiger partial charge is 0.251 e. The van der Waals surface area contributed by atoms with Gasteiger partial charge in [0.2, 0.25) is 0 Å². The van der Waals surface area contributed by atoms with Crippen molar-refractivity contribution >= 4 is 39.3 Å². The van der Waals surface area contributed by atoms with Gasteiger partial charge in [-0.15, -0.1) is 0 Å². The molecule has 0 saturated carbocycles. The van der Waals surface area contributed by atoms with Gasteiger partial charge in [-0.05, 0) is 40.5 Å². The Kier molecular flexibility index (Phi) is 6.11. The number of hydrogen-bond acceptors (Lipinski definition) is 3. The molecule has 0 fully saturated rings. The Bertz CT molecular complexity index is 494. The van der Waals surface area contributed by atoms with E-state index in [9.17, 15) is 4.79 Å². The summed E-state index contributed by atoms with van der Waals surface area (Å²) < 4.78 is 0.637. The Hall–Kier alpha value is -1.27. The van der Waals surface area contributed by atoms with Crippen molar-refractivity contribution in [1.29, 1.82) is 0 Å². The zero-order valence-electron chi connectivity index (χ0n) is 10.4. The first-order valence-corrected chi connectivity index (χ1v) is 6.90. The van der Waals surface area contributed by atoms with E-state index in [-0.39, 0.29) is 11.7 Å². The van der Waals surface area contributed by atoms with E-state index in [2.05, 4.69) is 26.4 Å². The number of hydrogen-bond donors (Lipinski definition) is 3. The Balaban J connectivity index is 2.84. The van der Waals surface area contributed by atoms with E-state index in [4.69, 9.17) is 22.5 Å². The van der Waals surface area contributed by atoms with Gasteiger partial charge in [-0.2, -0.15) is 0 Å². The van der Waals surface area contributed by atoms with Crippen LogP contribution in [0, 0.1) is 0 Å². The van der Waals surface area contributed by atoms with Crippen molar-refractivity contribution in [1.82, 2.24) is 5.32 Å². The lowest BCUT2D eigenvalue weighted by molar-refractivity contribution is 0.0945. The van der Waals surface area contributed by atoms with Crippen LogP contribution in [-0.4, -0.2) is 23.0 Å². The average molecular weight is 349 g/mol. The lowest BCUT2D eigenvalue weighted by Gasteiger charge is -2.16. The first-order valence-electron chi connectivity index (χ1n) is 5.73. The summed E-state index contributed by atoms with van der Waals surface area (Å²) in [7, 11) is 0. The number of carbonyl (C=O) groups is 1. The summed E-state index contributed by atoms with van der Waals surface area (Å²) in [5, 5.41) is 14.9. The van der Waals surface area contributed by atoms with E-state index < -0.39 is 6.04 Å². The topological polar surface area (TPSA) is 87.7 Å². The largest absolute Gasteiger partial charge is 0.409 e. The average Bonchev–Trinajstić information content (AvgIpc) is 2.40. The number of rotatable bonds is 5. The van der Waals surface area contributed by atoms with Crippen molar-refractivity contribution in [2.75, 3.05) is 0 Å². The zero-order valence-corrected chi connectivity index (χ0v) is 12.7. The molecule has 0 aliphatic heterocycles. The van der Waals surface area contributed by atoms with Crippen LogP contribution in [0.5, 0.6) is 0 Å². The Morgan fingerprint density at radius 3 is 2.84 bits per heavy atom. The van der Waals surface area contributed by atoms with Crippen LogP contribution in [0.4, 0.5) is 0 Å². The van der Waals surface area contributed by atoms with Gasteiger partial charge in [0, 0.05) is 10.0 Å². The summed E-state index contributed by atoms with van der Waals surface area (Å²) in [5.41, 5.74) is 5.99. The van der Waals surface area contributed by atoms with Gasteiger partial charge >= 0.3 is 0 Å². The molecule has 0 bridgehead atoms. The molecule has 1 aromatic carbocycles. The molecular formula is C12H15BrClN3O2. The second-order valence-corrected chi connectivity index (χ2v) is 5.23. The number of halogens is 2. The number of benzene rings is 1. The molecule has 7 heteroatoms. The minimum Gasteiger partial charge on any atom is -0.409 e. The molecule has 1 atom stereocenters. The monoisotopic (exact) mass is 347 g/mol. The molecule has 0 aliphatic rings. The number of carbonyl (C=O) groups excluding carboxylic acids is 1. The molecule has 19 heavy (non-hydrogen) atoms. The molecule has 4 N–H and O–H groups in total. The minimum absolute atomic E-state index is 0.0109. The zero-order chi connectivity index (χ0) is 14.4. The molecular weight excluding hydrogens is 334 g/mol. The summed E-state index contributed by atoms with van der Waals surface area (Å²) in [5.74, 6) is -0.314. The van der Waals surface area contributed by atoms with Crippen LogP contribution in [0.25, 0.3) is 0 Å². The Labute approximate surface area is 124 Å². The van der Waals surface area contributed by atoms with Crippen molar-refractivity contribution in [2.45, 2.75) is 25.8 Å². The molecule has 0 aliphatic carbocycles. The van der Waals surface area contributed by atoms with Gasteiger partial charge in [0.1, 0.15) is 0 Å². The number of nitrogens with two attached hydrogens (primary N) is 1. The second kappa shape index (κ2) is 7.35. The number of nitrogens with zero attached hydrogens (tertiary/aromatic N) is 1. The molecule has 0 saturated heterocycles. The SMILES string of the molecule is CCCC(NC(=O)c1ccc(Cl)c(Br)c1)/C(N)=N/O. The van der Waals surface area contributed by atoms with E-state index in [1.807, 2.05) is 6.92 Å². The van der Waals surface area contributed by atoms with Crippen molar-refractivity contribution in [3.8, 4) is 0 Å². The number of nitrogens with one attached hydrogen (secondary N) is 1. The fourth-order valence-corrected chi connectivity index (χ4v) is 2.03. The molecule has 1 amide bonds. The maximum atomic E-state index is 12.0. The number of oxime groups is 1. The highest BCUT2D eigenvalue weighted by atomic mass is 79.9. The molecule has 1 aromatic rings. The predicted molar refractivity (Wildman–Crippen MR) is 78.7 cm³/mol. The van der Waals surface area contributed by atoms with Crippen LogP contribution in [0.2, 0.25) is 5.02 Å². The Morgan fingerprint density at radius 2 is 2.32 bits per heavy atom. The highest BCUT2D eigenvalue weighted by Gasteiger charge is 2.17. The van der Waals surface area contributed by atoms with Crippen LogP contribution >= 0.6 is 27.5 Å². The van der Waals surface area contributed by atoms with Gasteiger partial charge < -0.3 is 16.3 Å². The van der Waals surface area contributed by atoms with E-state index in [0.717, 1.165) is 6.42 Å². The van der Waals surface area contributed by atoms with Crippen molar-refractivity contribution in [3.63, 3.8) is 0 Å². The van der Waals surface area contributed by atoms with E-state index >= 15 is 0 Å². The summed E-state index contributed by atoms with van der Waals surface area (Å²) >= 11 is 9.12. The van der Waals surface area contributed by atoms with Crippen molar-refractivity contribution in [2.24, 2.45) is 10.9 Å². The van der Waals surface area contributed by atoms with Crippen LogP contribution < -0.4 is 11.1 Å². The second-order valence-electron chi connectivity index (χ2n) is 3.97. The molecule has 0 heterocycles. The van der Waals surface area contributed by atoms with Crippen LogP contribution in [0.15, 0.2) is 27.8 Å². The lowest BCUT2D eigenvalue weighted by Crippen LogP contribution is -2.44. The van der Waals surface area contributed by atoms with E-state index in [1.54, 1.807) is 18.2 Å². The molecule has 104 valence electrons. The number of amides is 1. The van der Waals surface area contributed by atoms with Gasteiger partial charge in [0.05, 0.1) is 11.1 Å². The number of amidine groups is 1. The van der Waals surface area contributed by atoms with Gasteiger partial charge in [0.25, 0.3) is 5.91 Å². The first-order chi connectivity index (χ1) is 8.99. The van der Waals surface area contributed by atoms with Gasteiger partial charge in [-0.1, -0.05) is 30.1 Å². The predicted octanol–water partition coefficient (Wildman–Crippen LogP) is 2.75. The highest BCUT2D eigenvalue weighted by Crippen LogP contribution is 2.23. The molecule has 1 unspecified atom stereocenters. The third kappa shape index (κ3) is 4.40. The quantitative estimate of drug-likeness (QED) is 0.331. The van der Waals surface area contributed by atoms with Gasteiger partial charge in [-0.3, -0.25) is 4.79 Å². The normalized spacial score (nSPS) is 13.1.